The van der Waals surface area contributed by atoms with Crippen LogP contribution in [0.5, 0.6) is 5.75 Å². The molecule has 1 aliphatic rings. The van der Waals surface area contributed by atoms with E-state index in [9.17, 15) is 10.1 Å². The van der Waals surface area contributed by atoms with Gasteiger partial charge in [-0.05, 0) is 36.6 Å². The van der Waals surface area contributed by atoms with E-state index >= 15 is 0 Å². The Morgan fingerprint density at radius 3 is 2.91 bits per heavy atom. The van der Waals surface area contributed by atoms with E-state index in [1.807, 2.05) is 12.1 Å². The number of methoxy groups -OCH3 is 1. The van der Waals surface area contributed by atoms with Crippen molar-refractivity contribution in [3.05, 3.63) is 57.6 Å². The lowest BCUT2D eigenvalue weighted by atomic mass is 9.99. The Kier molecular flexibility index (Phi) is 4.06. The first-order valence-corrected chi connectivity index (χ1v) is 7.54. The number of hydrogen-bond donors (Lipinski definition) is 1. The molecule has 1 heterocycles. The maximum Gasteiger partial charge on any atom is 0.270 e. The van der Waals surface area contributed by atoms with E-state index < -0.39 is 0 Å². The fourth-order valence-corrected chi connectivity index (χ4v) is 3.10. The van der Waals surface area contributed by atoms with E-state index in [0.717, 1.165) is 41.9 Å². The molecule has 0 fully saturated rings. The SMILES string of the molecule is COc1ccc([N+](=O)[O-])cc1CN1CCCc2c(N)cccc21. The van der Waals surface area contributed by atoms with Crippen molar-refractivity contribution in [1.29, 1.82) is 0 Å². The summed E-state index contributed by atoms with van der Waals surface area (Å²) in [5.74, 6) is 0.659. The fraction of sp³-hybridized carbons (Fsp3) is 0.294. The third kappa shape index (κ3) is 2.92. The summed E-state index contributed by atoms with van der Waals surface area (Å²) in [6.45, 7) is 1.45. The fourth-order valence-electron chi connectivity index (χ4n) is 3.10. The summed E-state index contributed by atoms with van der Waals surface area (Å²) < 4.78 is 5.36. The molecule has 3 rings (SSSR count). The molecular formula is C17H19N3O3. The van der Waals surface area contributed by atoms with E-state index in [4.69, 9.17) is 10.5 Å². The predicted molar refractivity (Wildman–Crippen MR) is 89.9 cm³/mol. The van der Waals surface area contributed by atoms with Crippen LogP contribution in [0.1, 0.15) is 17.5 Å². The topological polar surface area (TPSA) is 81.6 Å². The number of nitro groups is 1. The molecule has 0 bridgehead atoms. The lowest BCUT2D eigenvalue weighted by molar-refractivity contribution is -0.384. The first-order chi connectivity index (χ1) is 11.1. The van der Waals surface area contributed by atoms with Gasteiger partial charge in [0.15, 0.2) is 0 Å². The standard InChI is InChI=1S/C17H19N3O3/c1-23-17-8-7-13(20(21)22)10-12(17)11-19-9-3-4-14-15(18)5-2-6-16(14)19/h2,5-8,10H,3-4,9,11,18H2,1H3. The van der Waals surface area contributed by atoms with Gasteiger partial charge in [-0.3, -0.25) is 10.1 Å². The third-order valence-electron chi connectivity index (χ3n) is 4.22. The van der Waals surface area contributed by atoms with Gasteiger partial charge in [0.1, 0.15) is 5.75 Å². The minimum atomic E-state index is -0.384. The molecule has 1 aliphatic heterocycles. The first-order valence-electron chi connectivity index (χ1n) is 7.54. The molecule has 0 saturated carbocycles. The highest BCUT2D eigenvalue weighted by Gasteiger charge is 2.21. The number of benzene rings is 2. The second kappa shape index (κ2) is 6.16. The van der Waals surface area contributed by atoms with Gasteiger partial charge in [0, 0.05) is 42.2 Å². The molecule has 0 atom stereocenters. The average molecular weight is 313 g/mol. The van der Waals surface area contributed by atoms with Crippen LogP contribution in [0.3, 0.4) is 0 Å². The smallest absolute Gasteiger partial charge is 0.270 e. The zero-order valence-corrected chi connectivity index (χ0v) is 13.0. The van der Waals surface area contributed by atoms with E-state index in [2.05, 4.69) is 11.0 Å². The van der Waals surface area contributed by atoms with Crippen LogP contribution in [-0.2, 0) is 13.0 Å². The van der Waals surface area contributed by atoms with Crippen LogP contribution in [-0.4, -0.2) is 18.6 Å². The van der Waals surface area contributed by atoms with Gasteiger partial charge >= 0.3 is 0 Å². The maximum absolute atomic E-state index is 11.0. The molecule has 0 amide bonds. The number of nitrogens with two attached hydrogens (primary N) is 1. The van der Waals surface area contributed by atoms with Gasteiger partial charge in [0.2, 0.25) is 0 Å². The Bertz CT molecular complexity index is 746. The van der Waals surface area contributed by atoms with E-state index in [1.165, 1.54) is 6.07 Å². The van der Waals surface area contributed by atoms with Crippen molar-refractivity contribution in [1.82, 2.24) is 0 Å². The maximum atomic E-state index is 11.0. The number of non-ortho nitro benzene ring substituents is 1. The van der Waals surface area contributed by atoms with Gasteiger partial charge in [-0.15, -0.1) is 0 Å². The number of nitrogens with zero attached hydrogens (tertiary/aromatic N) is 2. The number of fused-ring (bicyclic) bond motifs is 1. The highest BCUT2D eigenvalue weighted by molar-refractivity contribution is 5.66. The lowest BCUT2D eigenvalue weighted by Crippen LogP contribution is -2.29. The summed E-state index contributed by atoms with van der Waals surface area (Å²) in [5.41, 5.74) is 10.0. The minimum Gasteiger partial charge on any atom is -0.496 e. The molecule has 0 saturated heterocycles. The van der Waals surface area contributed by atoms with Crippen molar-refractivity contribution in [2.45, 2.75) is 19.4 Å². The number of nitrogen functional groups attached to an aromatic ring is 1. The van der Waals surface area contributed by atoms with Crippen LogP contribution in [0, 0.1) is 10.1 Å². The monoisotopic (exact) mass is 313 g/mol. The van der Waals surface area contributed by atoms with Gasteiger partial charge in [-0.25, -0.2) is 0 Å². The Hall–Kier alpha value is -2.76. The highest BCUT2D eigenvalue weighted by Crippen LogP contribution is 2.34. The summed E-state index contributed by atoms with van der Waals surface area (Å²) >= 11 is 0. The van der Waals surface area contributed by atoms with Crippen molar-refractivity contribution in [3.63, 3.8) is 0 Å². The lowest BCUT2D eigenvalue weighted by Gasteiger charge is -2.32. The van der Waals surface area contributed by atoms with Crippen LogP contribution in [0.25, 0.3) is 0 Å². The Morgan fingerprint density at radius 2 is 2.17 bits per heavy atom. The molecule has 23 heavy (non-hydrogen) atoms. The van der Waals surface area contributed by atoms with Crippen LogP contribution in [0.15, 0.2) is 36.4 Å². The molecule has 0 spiro atoms. The average Bonchev–Trinajstić information content (AvgIpc) is 2.55. The van der Waals surface area contributed by atoms with Gasteiger partial charge in [-0.1, -0.05) is 6.07 Å². The zero-order valence-electron chi connectivity index (χ0n) is 13.0. The predicted octanol–water partition coefficient (Wildman–Crippen LogP) is 3.14. The summed E-state index contributed by atoms with van der Waals surface area (Å²) in [5, 5.41) is 11.0. The van der Waals surface area contributed by atoms with E-state index in [0.29, 0.717) is 12.3 Å². The van der Waals surface area contributed by atoms with E-state index in [1.54, 1.807) is 19.2 Å². The molecule has 0 unspecified atom stereocenters. The number of hydrogen-bond acceptors (Lipinski definition) is 5. The van der Waals surface area contributed by atoms with Crippen LogP contribution < -0.4 is 15.4 Å². The minimum absolute atomic E-state index is 0.0746. The molecule has 0 radical (unpaired) electrons. The normalized spacial score (nSPS) is 13.5. The number of ether oxygens (including phenoxy) is 1. The van der Waals surface area contributed by atoms with Gasteiger partial charge in [-0.2, -0.15) is 0 Å². The number of anilines is 2. The van der Waals surface area contributed by atoms with E-state index in [-0.39, 0.29) is 10.6 Å². The molecule has 120 valence electrons. The Labute approximate surface area is 134 Å². The van der Waals surface area contributed by atoms with Gasteiger partial charge in [0.25, 0.3) is 5.69 Å². The van der Waals surface area contributed by atoms with Gasteiger partial charge in [0.05, 0.1) is 12.0 Å². The molecular weight excluding hydrogens is 294 g/mol. The van der Waals surface area contributed by atoms with Crippen molar-refractivity contribution < 1.29 is 9.66 Å². The third-order valence-corrected chi connectivity index (χ3v) is 4.22. The van der Waals surface area contributed by atoms with Crippen LogP contribution in [0.4, 0.5) is 17.1 Å². The quantitative estimate of drug-likeness (QED) is 0.533. The Balaban J connectivity index is 1.96. The molecule has 6 nitrogen and oxygen atoms in total. The second-order valence-corrected chi connectivity index (χ2v) is 5.62. The second-order valence-electron chi connectivity index (χ2n) is 5.62. The zero-order chi connectivity index (χ0) is 16.4. The Morgan fingerprint density at radius 1 is 1.35 bits per heavy atom. The number of rotatable bonds is 4. The molecule has 0 aliphatic carbocycles. The van der Waals surface area contributed by atoms with Crippen molar-refractivity contribution >= 4 is 17.1 Å². The molecule has 6 heteroatoms. The summed E-state index contributed by atoms with van der Waals surface area (Å²) in [4.78, 5) is 12.8. The summed E-state index contributed by atoms with van der Waals surface area (Å²) in [6.07, 6.45) is 1.98. The van der Waals surface area contributed by atoms with Crippen molar-refractivity contribution in [2.75, 3.05) is 24.3 Å². The largest absolute Gasteiger partial charge is 0.496 e. The van der Waals surface area contributed by atoms with Crippen molar-refractivity contribution in [2.24, 2.45) is 0 Å². The van der Waals surface area contributed by atoms with Crippen molar-refractivity contribution in [3.8, 4) is 5.75 Å². The molecule has 2 N–H and O–H groups in total. The summed E-state index contributed by atoms with van der Waals surface area (Å²) in [6, 6.07) is 10.6. The van der Waals surface area contributed by atoms with Crippen LogP contribution >= 0.6 is 0 Å². The number of nitro benzene ring substituents is 1. The highest BCUT2D eigenvalue weighted by atomic mass is 16.6. The van der Waals surface area contributed by atoms with Gasteiger partial charge < -0.3 is 15.4 Å². The van der Waals surface area contributed by atoms with Crippen LogP contribution in [0.2, 0.25) is 0 Å². The molecule has 2 aromatic rings. The first kappa shape index (κ1) is 15.1. The summed E-state index contributed by atoms with van der Waals surface area (Å²) in [7, 11) is 1.58. The molecule has 0 aromatic heterocycles. The molecule has 2 aromatic carbocycles.